The van der Waals surface area contributed by atoms with Crippen LogP contribution in [0.4, 0.5) is 5.95 Å². The minimum atomic E-state index is -1.00. The summed E-state index contributed by atoms with van der Waals surface area (Å²) in [6.07, 6.45) is 0. The number of ketones is 1. The quantitative estimate of drug-likeness (QED) is 0.217. The van der Waals surface area contributed by atoms with Crippen molar-refractivity contribution in [2.75, 3.05) is 25.7 Å². The summed E-state index contributed by atoms with van der Waals surface area (Å²) in [4.78, 5) is 35.9. The van der Waals surface area contributed by atoms with Crippen molar-refractivity contribution in [3.05, 3.63) is 83.4 Å². The van der Waals surface area contributed by atoms with Crippen LogP contribution in [0, 0.1) is 0 Å². The molecular formula is C28H25N3O6. The van der Waals surface area contributed by atoms with Gasteiger partial charge in [-0.3, -0.25) is 14.5 Å². The van der Waals surface area contributed by atoms with Gasteiger partial charge in [0.1, 0.15) is 11.5 Å². The van der Waals surface area contributed by atoms with Gasteiger partial charge in [0.25, 0.3) is 5.78 Å². The lowest BCUT2D eigenvalue weighted by Gasteiger charge is -2.24. The topological polar surface area (TPSA) is 114 Å². The number of hydrogen-bond donors (Lipinski definition) is 2. The average Bonchev–Trinajstić information content (AvgIpc) is 3.46. The summed E-state index contributed by atoms with van der Waals surface area (Å²) in [5, 5.41) is 11.4. The number of aromatic amines is 1. The number of fused-ring (bicyclic) bond motifs is 1. The largest absolute Gasteiger partial charge is 0.507 e. The third-order valence-electron chi connectivity index (χ3n) is 6.21. The normalized spacial score (nSPS) is 16.8. The number of Topliss-reactive ketones (excluding diaryl/α,β-unsaturated/α-hetero) is 1. The van der Waals surface area contributed by atoms with Crippen LogP contribution in [-0.2, 0) is 9.59 Å². The van der Waals surface area contributed by atoms with Crippen molar-refractivity contribution in [2.24, 2.45) is 0 Å². The number of ether oxygens (including phenoxy) is 3. The molecule has 0 radical (unpaired) electrons. The molecule has 2 N–H and O–H groups in total. The van der Waals surface area contributed by atoms with Crippen LogP contribution in [0.25, 0.3) is 16.8 Å². The van der Waals surface area contributed by atoms with Gasteiger partial charge in [-0.1, -0.05) is 30.3 Å². The Labute approximate surface area is 212 Å². The van der Waals surface area contributed by atoms with E-state index < -0.39 is 17.7 Å². The molecule has 9 nitrogen and oxygen atoms in total. The lowest BCUT2D eigenvalue weighted by atomic mass is 9.94. The van der Waals surface area contributed by atoms with E-state index >= 15 is 0 Å². The van der Waals surface area contributed by atoms with E-state index in [-0.39, 0.29) is 22.8 Å². The van der Waals surface area contributed by atoms with E-state index in [1.165, 1.54) is 19.1 Å². The monoisotopic (exact) mass is 499 g/mol. The fourth-order valence-electron chi connectivity index (χ4n) is 4.54. The SMILES string of the molecule is CCOc1cc(C2/C(=C(\O)c3ccccc3OC)C(=O)C(=O)N2c2nc3ccccc3[nH]2)ccc1OC. The van der Waals surface area contributed by atoms with E-state index in [1.54, 1.807) is 48.5 Å². The molecular weight excluding hydrogens is 474 g/mol. The molecule has 1 aliphatic rings. The number of anilines is 1. The summed E-state index contributed by atoms with van der Waals surface area (Å²) in [6.45, 7) is 2.22. The van der Waals surface area contributed by atoms with E-state index in [2.05, 4.69) is 9.97 Å². The van der Waals surface area contributed by atoms with E-state index in [1.807, 2.05) is 25.1 Å². The zero-order valence-corrected chi connectivity index (χ0v) is 20.5. The molecule has 1 atom stereocenters. The average molecular weight is 500 g/mol. The van der Waals surface area contributed by atoms with E-state index in [0.717, 1.165) is 0 Å². The highest BCUT2D eigenvalue weighted by Crippen LogP contribution is 2.44. The van der Waals surface area contributed by atoms with Crippen molar-refractivity contribution in [1.82, 2.24) is 9.97 Å². The maximum absolute atomic E-state index is 13.5. The van der Waals surface area contributed by atoms with Crippen LogP contribution in [0.2, 0.25) is 0 Å². The minimum Gasteiger partial charge on any atom is -0.507 e. The molecule has 3 aromatic carbocycles. The summed E-state index contributed by atoms with van der Waals surface area (Å²) in [5.41, 5.74) is 2.05. The van der Waals surface area contributed by atoms with Crippen LogP contribution < -0.4 is 19.1 Å². The second kappa shape index (κ2) is 9.69. The van der Waals surface area contributed by atoms with Gasteiger partial charge in [-0.25, -0.2) is 4.98 Å². The predicted molar refractivity (Wildman–Crippen MR) is 138 cm³/mol. The molecule has 5 rings (SSSR count). The first kappa shape index (κ1) is 23.9. The van der Waals surface area contributed by atoms with Gasteiger partial charge in [0.05, 0.1) is 49.0 Å². The Bertz CT molecular complexity index is 1510. The molecule has 1 fully saturated rings. The zero-order valence-electron chi connectivity index (χ0n) is 20.5. The number of aliphatic hydroxyl groups is 1. The van der Waals surface area contributed by atoms with E-state index in [9.17, 15) is 14.7 Å². The van der Waals surface area contributed by atoms with Crippen LogP contribution in [0.1, 0.15) is 24.1 Å². The molecule has 1 saturated heterocycles. The lowest BCUT2D eigenvalue weighted by Crippen LogP contribution is -2.30. The van der Waals surface area contributed by atoms with Crippen molar-refractivity contribution in [1.29, 1.82) is 0 Å². The van der Waals surface area contributed by atoms with Gasteiger partial charge in [0.2, 0.25) is 5.95 Å². The summed E-state index contributed by atoms with van der Waals surface area (Å²) in [7, 11) is 2.99. The number of para-hydroxylation sites is 3. The Kier molecular flexibility index (Phi) is 6.27. The number of carbonyl (C=O) groups is 2. The Balaban J connectivity index is 1.76. The standard InChI is InChI=1S/C28H25N3O6/c1-4-37-22-15-16(13-14-21(22)36-3)24-23(25(32)17-9-5-8-12-20(17)35-2)26(33)27(34)31(24)28-29-18-10-6-7-11-19(18)30-28/h5-15,24,32H,4H2,1-3H3,(H,29,30)/b25-23+. The number of carbonyl (C=O) groups excluding carboxylic acids is 2. The number of methoxy groups -OCH3 is 2. The van der Waals surface area contributed by atoms with Gasteiger partial charge < -0.3 is 24.3 Å². The van der Waals surface area contributed by atoms with Gasteiger partial charge >= 0.3 is 5.91 Å². The van der Waals surface area contributed by atoms with Crippen molar-refractivity contribution >= 4 is 34.4 Å². The molecule has 0 saturated carbocycles. The van der Waals surface area contributed by atoms with Crippen LogP contribution in [-0.4, -0.2) is 47.6 Å². The smallest absolute Gasteiger partial charge is 0.302 e. The Morgan fingerprint density at radius 1 is 0.973 bits per heavy atom. The maximum Gasteiger partial charge on any atom is 0.302 e. The number of aromatic nitrogens is 2. The molecule has 37 heavy (non-hydrogen) atoms. The Morgan fingerprint density at radius 2 is 1.70 bits per heavy atom. The van der Waals surface area contributed by atoms with Gasteiger partial charge in [0.15, 0.2) is 11.5 Å². The molecule has 2 heterocycles. The second-order valence-corrected chi connectivity index (χ2v) is 8.29. The first-order valence-corrected chi connectivity index (χ1v) is 11.7. The summed E-state index contributed by atoms with van der Waals surface area (Å²) >= 11 is 0. The number of aliphatic hydroxyl groups excluding tert-OH is 1. The number of nitrogens with one attached hydrogen (secondary N) is 1. The van der Waals surface area contributed by atoms with E-state index in [4.69, 9.17) is 14.2 Å². The molecule has 9 heteroatoms. The van der Waals surface area contributed by atoms with Gasteiger partial charge in [-0.15, -0.1) is 0 Å². The van der Waals surface area contributed by atoms with Crippen molar-refractivity contribution in [3.63, 3.8) is 0 Å². The molecule has 1 unspecified atom stereocenters. The number of hydrogen-bond acceptors (Lipinski definition) is 7. The van der Waals surface area contributed by atoms with Crippen molar-refractivity contribution in [2.45, 2.75) is 13.0 Å². The molecule has 0 bridgehead atoms. The fraction of sp³-hybridized carbons (Fsp3) is 0.179. The highest BCUT2D eigenvalue weighted by Gasteiger charge is 2.48. The number of benzene rings is 3. The van der Waals surface area contributed by atoms with Crippen molar-refractivity contribution < 1.29 is 28.9 Å². The molecule has 1 aromatic heterocycles. The molecule has 1 aliphatic heterocycles. The fourth-order valence-corrected chi connectivity index (χ4v) is 4.54. The summed E-state index contributed by atoms with van der Waals surface area (Å²) in [5.74, 6) is -0.546. The zero-order chi connectivity index (χ0) is 26.1. The van der Waals surface area contributed by atoms with Crippen LogP contribution in [0.3, 0.4) is 0 Å². The number of rotatable bonds is 7. The third kappa shape index (κ3) is 4.04. The Hall–Kier alpha value is -4.79. The Morgan fingerprint density at radius 3 is 2.43 bits per heavy atom. The van der Waals surface area contributed by atoms with E-state index in [0.29, 0.717) is 40.5 Å². The minimum absolute atomic E-state index is 0.0948. The first-order chi connectivity index (χ1) is 18.0. The van der Waals surface area contributed by atoms with Gasteiger partial charge in [-0.2, -0.15) is 0 Å². The number of amides is 1. The molecule has 0 aliphatic carbocycles. The predicted octanol–water partition coefficient (Wildman–Crippen LogP) is 4.61. The van der Waals surface area contributed by atoms with Gasteiger partial charge in [0, 0.05) is 0 Å². The number of H-pyrrole nitrogens is 1. The molecule has 188 valence electrons. The molecule has 4 aromatic rings. The third-order valence-corrected chi connectivity index (χ3v) is 6.21. The van der Waals surface area contributed by atoms with Crippen LogP contribution in [0.5, 0.6) is 17.2 Å². The summed E-state index contributed by atoms with van der Waals surface area (Å²) < 4.78 is 16.6. The lowest BCUT2D eigenvalue weighted by molar-refractivity contribution is -0.132. The van der Waals surface area contributed by atoms with Crippen molar-refractivity contribution in [3.8, 4) is 17.2 Å². The number of nitrogens with zero attached hydrogens (tertiary/aromatic N) is 2. The highest BCUT2D eigenvalue weighted by atomic mass is 16.5. The molecule has 0 spiro atoms. The van der Waals surface area contributed by atoms with Crippen LogP contribution in [0.15, 0.2) is 72.3 Å². The number of imidazole rings is 1. The summed E-state index contributed by atoms with van der Waals surface area (Å²) in [6, 6.07) is 18.2. The second-order valence-electron chi connectivity index (χ2n) is 8.29. The highest BCUT2D eigenvalue weighted by molar-refractivity contribution is 6.51. The van der Waals surface area contributed by atoms with Gasteiger partial charge in [-0.05, 0) is 48.9 Å². The maximum atomic E-state index is 13.5. The molecule has 1 amide bonds. The first-order valence-electron chi connectivity index (χ1n) is 11.7. The van der Waals surface area contributed by atoms with Crippen LogP contribution >= 0.6 is 0 Å².